The molecule has 188 valence electrons. The van der Waals surface area contributed by atoms with Crippen molar-refractivity contribution >= 4 is 52.4 Å². The number of ether oxygens (including phenoxy) is 1. The number of aromatic hydroxyl groups is 1. The molecule has 0 saturated carbocycles. The minimum absolute atomic E-state index is 0.0595. The number of hydrogen-bond acceptors (Lipinski definition) is 7. The van der Waals surface area contributed by atoms with Crippen molar-refractivity contribution in [1.82, 2.24) is 0 Å². The standard InChI is InChI=1S/C27H22ClN3O6/c1-2-15-37-27(36)17-9-13-19(14-10-17)31-25(34)22(28)23(26(31)35)29-18-11-7-16(8-12-18)24(33)30-20-5-3-4-6-21(20)32/h3-14,29,32H,2,15H2,1H3,(H,30,33). The Morgan fingerprint density at radius 1 is 0.919 bits per heavy atom. The molecule has 3 N–H and O–H groups in total. The van der Waals surface area contributed by atoms with E-state index in [2.05, 4.69) is 10.6 Å². The Hall–Kier alpha value is -4.63. The predicted molar refractivity (Wildman–Crippen MR) is 139 cm³/mol. The van der Waals surface area contributed by atoms with Gasteiger partial charge in [-0.2, -0.15) is 0 Å². The molecular weight excluding hydrogens is 498 g/mol. The molecular formula is C27H22ClN3O6. The molecule has 1 heterocycles. The minimum Gasteiger partial charge on any atom is -0.506 e. The largest absolute Gasteiger partial charge is 0.506 e. The Balaban J connectivity index is 1.44. The third-order valence-electron chi connectivity index (χ3n) is 5.39. The van der Waals surface area contributed by atoms with Crippen molar-refractivity contribution in [1.29, 1.82) is 0 Å². The van der Waals surface area contributed by atoms with E-state index in [1.165, 1.54) is 42.5 Å². The number of esters is 1. The first-order valence-corrected chi connectivity index (χ1v) is 11.7. The second kappa shape index (κ2) is 11.0. The molecule has 1 aliphatic rings. The Kier molecular flexibility index (Phi) is 7.55. The van der Waals surface area contributed by atoms with Crippen molar-refractivity contribution in [2.75, 3.05) is 22.1 Å². The van der Waals surface area contributed by atoms with Crippen LogP contribution in [0.15, 0.2) is 83.5 Å². The van der Waals surface area contributed by atoms with Crippen molar-refractivity contribution in [3.8, 4) is 5.75 Å². The van der Waals surface area contributed by atoms with Crippen molar-refractivity contribution in [2.45, 2.75) is 13.3 Å². The average molecular weight is 520 g/mol. The number of anilines is 3. The topological polar surface area (TPSA) is 125 Å². The summed E-state index contributed by atoms with van der Waals surface area (Å²) in [7, 11) is 0. The number of halogens is 1. The summed E-state index contributed by atoms with van der Waals surface area (Å²) in [5.74, 6) is -2.38. The Morgan fingerprint density at radius 3 is 2.22 bits per heavy atom. The number of carbonyl (C=O) groups is 4. The molecule has 1 aliphatic heterocycles. The van der Waals surface area contributed by atoms with Crippen molar-refractivity contribution in [3.05, 3.63) is 94.7 Å². The number of carbonyl (C=O) groups excluding carboxylic acids is 4. The van der Waals surface area contributed by atoms with Crippen LogP contribution in [-0.2, 0) is 14.3 Å². The number of hydrogen-bond donors (Lipinski definition) is 3. The number of amides is 3. The van der Waals surface area contributed by atoms with Crippen molar-refractivity contribution in [3.63, 3.8) is 0 Å². The van der Waals surface area contributed by atoms with E-state index in [0.29, 0.717) is 29.8 Å². The lowest BCUT2D eigenvalue weighted by Gasteiger charge is -2.15. The zero-order valence-corrected chi connectivity index (χ0v) is 20.4. The van der Waals surface area contributed by atoms with Crippen LogP contribution in [0.5, 0.6) is 5.75 Å². The van der Waals surface area contributed by atoms with Gasteiger partial charge in [-0.1, -0.05) is 30.7 Å². The number of nitrogens with zero attached hydrogens (tertiary/aromatic N) is 1. The van der Waals surface area contributed by atoms with Crippen LogP contribution in [0.4, 0.5) is 17.1 Å². The quantitative estimate of drug-likeness (QED) is 0.225. The first-order valence-electron chi connectivity index (χ1n) is 11.3. The van der Waals surface area contributed by atoms with Gasteiger partial charge in [0.25, 0.3) is 17.7 Å². The van der Waals surface area contributed by atoms with Crippen LogP contribution in [0.2, 0.25) is 0 Å². The third-order valence-corrected chi connectivity index (χ3v) is 5.75. The maximum absolute atomic E-state index is 13.0. The molecule has 4 rings (SSSR count). The Bertz CT molecular complexity index is 1400. The van der Waals surface area contributed by atoms with Gasteiger partial charge in [0, 0.05) is 11.3 Å². The second-order valence-corrected chi connectivity index (χ2v) is 8.37. The Morgan fingerprint density at radius 2 is 1.57 bits per heavy atom. The summed E-state index contributed by atoms with van der Waals surface area (Å²) in [6, 6.07) is 18.3. The summed E-state index contributed by atoms with van der Waals surface area (Å²) >= 11 is 6.19. The molecule has 0 saturated heterocycles. The predicted octanol–water partition coefficient (Wildman–Crippen LogP) is 4.65. The van der Waals surface area contributed by atoms with E-state index in [1.54, 1.807) is 30.3 Å². The summed E-state index contributed by atoms with van der Waals surface area (Å²) in [6.45, 7) is 2.17. The molecule has 3 amide bonds. The molecule has 0 bridgehead atoms. The van der Waals surface area contributed by atoms with Gasteiger partial charge in [-0.05, 0) is 67.1 Å². The molecule has 0 fully saturated rings. The fraction of sp³-hybridized carbons (Fsp3) is 0.111. The van der Waals surface area contributed by atoms with E-state index >= 15 is 0 Å². The number of phenolic OH excluding ortho intramolecular Hbond substituents is 1. The Labute approximate surface area is 217 Å². The molecule has 3 aromatic rings. The smallest absolute Gasteiger partial charge is 0.338 e. The third kappa shape index (κ3) is 5.46. The van der Waals surface area contributed by atoms with Crippen LogP contribution in [-0.4, -0.2) is 35.4 Å². The normalized spacial score (nSPS) is 13.1. The van der Waals surface area contributed by atoms with Crippen LogP contribution in [0.3, 0.4) is 0 Å². The van der Waals surface area contributed by atoms with Crippen molar-refractivity contribution in [2.24, 2.45) is 0 Å². The summed E-state index contributed by atoms with van der Waals surface area (Å²) in [5.41, 5.74) is 1.41. The highest BCUT2D eigenvalue weighted by molar-refractivity contribution is 6.53. The van der Waals surface area contributed by atoms with Crippen LogP contribution in [0.25, 0.3) is 0 Å². The first kappa shape index (κ1) is 25.5. The van der Waals surface area contributed by atoms with E-state index in [4.69, 9.17) is 16.3 Å². The van der Waals surface area contributed by atoms with Gasteiger partial charge in [0.2, 0.25) is 0 Å². The van der Waals surface area contributed by atoms with E-state index in [9.17, 15) is 24.3 Å². The molecule has 0 radical (unpaired) electrons. The molecule has 0 unspecified atom stereocenters. The highest BCUT2D eigenvalue weighted by Gasteiger charge is 2.39. The van der Waals surface area contributed by atoms with Gasteiger partial charge in [0.05, 0.1) is 23.5 Å². The van der Waals surface area contributed by atoms with Gasteiger partial charge in [-0.15, -0.1) is 0 Å². The fourth-order valence-electron chi connectivity index (χ4n) is 3.49. The van der Waals surface area contributed by atoms with Gasteiger partial charge in [-0.25, -0.2) is 9.69 Å². The fourth-order valence-corrected chi connectivity index (χ4v) is 3.71. The zero-order chi connectivity index (χ0) is 26.5. The van der Waals surface area contributed by atoms with Crippen LogP contribution >= 0.6 is 11.6 Å². The van der Waals surface area contributed by atoms with Gasteiger partial charge in [0.15, 0.2) is 0 Å². The summed E-state index contributed by atoms with van der Waals surface area (Å²) in [6.07, 6.45) is 0.689. The van der Waals surface area contributed by atoms with Gasteiger partial charge < -0.3 is 20.5 Å². The number of benzene rings is 3. The van der Waals surface area contributed by atoms with E-state index in [1.807, 2.05) is 6.92 Å². The summed E-state index contributed by atoms with van der Waals surface area (Å²) in [5, 5.41) is 15.0. The van der Waals surface area contributed by atoms with E-state index in [-0.39, 0.29) is 27.9 Å². The number of imide groups is 1. The number of phenols is 1. The molecule has 0 spiro atoms. The lowest BCUT2D eigenvalue weighted by Crippen LogP contribution is -2.32. The van der Waals surface area contributed by atoms with E-state index < -0.39 is 23.7 Å². The number of para-hydroxylation sites is 2. The zero-order valence-electron chi connectivity index (χ0n) is 19.7. The van der Waals surface area contributed by atoms with Crippen molar-refractivity contribution < 1.29 is 29.0 Å². The monoisotopic (exact) mass is 519 g/mol. The number of nitrogens with one attached hydrogen (secondary N) is 2. The van der Waals surface area contributed by atoms with Gasteiger partial charge in [0.1, 0.15) is 16.5 Å². The molecule has 0 aromatic heterocycles. The van der Waals surface area contributed by atoms with Crippen LogP contribution < -0.4 is 15.5 Å². The minimum atomic E-state index is -0.714. The SMILES string of the molecule is CCCOC(=O)c1ccc(N2C(=O)C(Cl)=C(Nc3ccc(C(=O)Nc4ccccc4O)cc3)C2=O)cc1. The molecule has 9 nitrogen and oxygen atoms in total. The molecule has 10 heteroatoms. The maximum atomic E-state index is 13.0. The summed E-state index contributed by atoms with van der Waals surface area (Å²) in [4.78, 5) is 51.1. The number of rotatable bonds is 8. The maximum Gasteiger partial charge on any atom is 0.338 e. The van der Waals surface area contributed by atoms with Gasteiger partial charge >= 0.3 is 5.97 Å². The molecule has 0 atom stereocenters. The molecule has 37 heavy (non-hydrogen) atoms. The first-order chi connectivity index (χ1) is 17.8. The van der Waals surface area contributed by atoms with Crippen LogP contribution in [0.1, 0.15) is 34.1 Å². The second-order valence-electron chi connectivity index (χ2n) is 7.99. The van der Waals surface area contributed by atoms with Gasteiger partial charge in [-0.3, -0.25) is 14.4 Å². The van der Waals surface area contributed by atoms with Crippen LogP contribution in [0, 0.1) is 0 Å². The summed E-state index contributed by atoms with van der Waals surface area (Å²) < 4.78 is 5.08. The average Bonchev–Trinajstić information content (AvgIpc) is 3.12. The molecule has 0 aliphatic carbocycles. The lowest BCUT2D eigenvalue weighted by atomic mass is 10.1. The highest BCUT2D eigenvalue weighted by Crippen LogP contribution is 2.30. The molecule has 3 aromatic carbocycles. The highest BCUT2D eigenvalue weighted by atomic mass is 35.5. The van der Waals surface area contributed by atoms with E-state index in [0.717, 1.165) is 4.90 Å². The lowest BCUT2D eigenvalue weighted by molar-refractivity contribution is -0.120.